The third-order valence-corrected chi connectivity index (χ3v) is 9.57. The van der Waals surface area contributed by atoms with Crippen LogP contribution in [0.2, 0.25) is 0 Å². The maximum absolute atomic E-state index is 9.48. The van der Waals surface area contributed by atoms with E-state index in [1.54, 1.807) is 6.92 Å². The zero-order valence-corrected chi connectivity index (χ0v) is 16.9. The Kier molecular flexibility index (Phi) is 5.91. The van der Waals surface area contributed by atoms with Crippen molar-refractivity contribution in [1.82, 2.24) is 0 Å². The lowest BCUT2D eigenvalue weighted by Crippen LogP contribution is -2.27. The molecule has 4 heteroatoms. The van der Waals surface area contributed by atoms with Gasteiger partial charge in [-0.1, -0.05) is 96.7 Å². The van der Waals surface area contributed by atoms with Gasteiger partial charge in [0.1, 0.15) is 0 Å². The molecule has 0 saturated carbocycles. The van der Waals surface area contributed by atoms with Crippen molar-refractivity contribution in [2.75, 3.05) is 0 Å². The molecular formula is C23H21N2PS. The summed E-state index contributed by atoms with van der Waals surface area (Å²) in [6, 6.07) is 28.8. The number of benzene rings is 3. The van der Waals surface area contributed by atoms with E-state index < -0.39 is 6.04 Å². The molecule has 0 aliphatic rings. The third-order valence-electron chi connectivity index (χ3n) is 4.55. The van der Waals surface area contributed by atoms with E-state index in [4.69, 9.17) is 17.5 Å². The van der Waals surface area contributed by atoms with E-state index in [0.29, 0.717) is 17.7 Å². The first-order valence-electron chi connectivity index (χ1n) is 8.72. The molecule has 27 heavy (non-hydrogen) atoms. The summed E-state index contributed by atoms with van der Waals surface area (Å²) in [6.45, 7) is 1.77. The number of nitrogens with zero attached hydrogens (tertiary/aromatic N) is 1. The summed E-state index contributed by atoms with van der Waals surface area (Å²) < 4.78 is 0. The highest BCUT2D eigenvalue weighted by Crippen LogP contribution is 2.44. The molecular weight excluding hydrogens is 367 g/mol. The van der Waals surface area contributed by atoms with E-state index in [9.17, 15) is 5.26 Å². The predicted octanol–water partition coefficient (Wildman–Crippen LogP) is 3.74. The van der Waals surface area contributed by atoms with Gasteiger partial charge in [-0.3, -0.25) is 0 Å². The molecule has 0 saturated heterocycles. The Hall–Kier alpha value is -2.66. The van der Waals surface area contributed by atoms with Gasteiger partial charge in [-0.05, 0) is 28.4 Å². The topological polar surface area (TPSA) is 49.8 Å². The second kappa shape index (κ2) is 8.35. The maximum atomic E-state index is 9.48. The van der Waals surface area contributed by atoms with Crippen LogP contribution in [0, 0.1) is 11.3 Å². The Morgan fingerprint density at radius 3 is 1.85 bits per heavy atom. The molecule has 0 radical (unpaired) electrons. The summed E-state index contributed by atoms with van der Waals surface area (Å²) in [5, 5.41) is 12.9. The molecule has 0 bridgehead atoms. The van der Waals surface area contributed by atoms with Crippen molar-refractivity contribution in [2.45, 2.75) is 13.3 Å². The molecule has 2 N–H and O–H groups in total. The Balaban J connectivity index is 2.26. The normalized spacial score (nSPS) is 12.1. The van der Waals surface area contributed by atoms with Gasteiger partial charge < -0.3 is 5.73 Å². The van der Waals surface area contributed by atoms with Crippen LogP contribution in [0.4, 0.5) is 0 Å². The second-order valence-corrected chi connectivity index (χ2v) is 10.7. The first-order chi connectivity index (χ1) is 13.1. The highest BCUT2D eigenvalue weighted by molar-refractivity contribution is 8.25. The van der Waals surface area contributed by atoms with Crippen LogP contribution < -0.4 is 21.6 Å². The fourth-order valence-corrected chi connectivity index (χ4v) is 7.29. The molecule has 0 aliphatic heterocycles. The van der Waals surface area contributed by atoms with Crippen molar-refractivity contribution in [3.05, 3.63) is 102 Å². The number of hydrogen-bond acceptors (Lipinski definition) is 3. The summed E-state index contributed by atoms with van der Waals surface area (Å²) in [5.74, 6) is 0. The van der Waals surface area contributed by atoms with Crippen LogP contribution in [0.25, 0.3) is 0 Å². The standard InChI is InChI=1S/C23H21N2PS/c1-18(25)20(17-24)16-19-10-8-9-15-23(19)26(27,21-11-4-2-5-12-21)22-13-6-3-7-14-22/h2-15H,16,25H2,1H3/b20-18+. The zero-order chi connectivity index (χ0) is 19.3. The predicted molar refractivity (Wildman–Crippen MR) is 119 cm³/mol. The molecule has 0 atom stereocenters. The van der Waals surface area contributed by atoms with Crippen molar-refractivity contribution >= 4 is 33.8 Å². The molecule has 0 unspecified atom stereocenters. The Morgan fingerprint density at radius 2 is 1.37 bits per heavy atom. The minimum absolute atomic E-state index is 0.493. The summed E-state index contributed by atoms with van der Waals surface area (Å²) in [5.41, 5.74) is 8.12. The minimum atomic E-state index is -2.25. The van der Waals surface area contributed by atoms with Crippen LogP contribution in [0.1, 0.15) is 12.5 Å². The molecule has 3 aromatic rings. The highest BCUT2D eigenvalue weighted by Gasteiger charge is 2.27. The largest absolute Gasteiger partial charge is 0.401 e. The van der Waals surface area contributed by atoms with E-state index in [1.807, 2.05) is 48.5 Å². The smallest absolute Gasteiger partial charge is 0.0968 e. The summed E-state index contributed by atoms with van der Waals surface area (Å²) in [6.07, 6.45) is 0.493. The molecule has 134 valence electrons. The molecule has 3 aromatic carbocycles. The van der Waals surface area contributed by atoms with Gasteiger partial charge in [0.25, 0.3) is 0 Å². The zero-order valence-electron chi connectivity index (χ0n) is 15.2. The van der Waals surface area contributed by atoms with E-state index in [-0.39, 0.29) is 0 Å². The van der Waals surface area contributed by atoms with Crippen molar-refractivity contribution in [2.24, 2.45) is 5.73 Å². The first kappa shape index (κ1) is 19.1. The fourth-order valence-electron chi connectivity index (χ4n) is 3.13. The SMILES string of the molecule is C/C(N)=C(\C#N)Cc1ccccc1P(=S)(c1ccccc1)c1ccccc1. The first-order valence-corrected chi connectivity index (χ1v) is 11.5. The lowest BCUT2D eigenvalue weighted by molar-refractivity contribution is 1.13. The lowest BCUT2D eigenvalue weighted by atomic mass is 10.0. The van der Waals surface area contributed by atoms with Gasteiger partial charge in [-0.2, -0.15) is 5.26 Å². The van der Waals surface area contributed by atoms with Crippen LogP contribution in [0.5, 0.6) is 0 Å². The van der Waals surface area contributed by atoms with Gasteiger partial charge in [-0.25, -0.2) is 0 Å². The fraction of sp³-hybridized carbons (Fsp3) is 0.0870. The van der Waals surface area contributed by atoms with Crippen molar-refractivity contribution in [1.29, 1.82) is 5.26 Å². The van der Waals surface area contributed by atoms with Gasteiger partial charge in [-0.15, -0.1) is 0 Å². The number of hydrogen-bond donors (Lipinski definition) is 1. The van der Waals surface area contributed by atoms with Gasteiger partial charge in [0.05, 0.1) is 11.6 Å². The van der Waals surface area contributed by atoms with Crippen molar-refractivity contribution in [3.8, 4) is 6.07 Å². The average molecular weight is 388 g/mol. The van der Waals surface area contributed by atoms with Crippen LogP contribution in [0.15, 0.2) is 96.2 Å². The van der Waals surface area contributed by atoms with Gasteiger partial charge in [0, 0.05) is 18.2 Å². The highest BCUT2D eigenvalue weighted by atomic mass is 32.4. The summed E-state index contributed by atoms with van der Waals surface area (Å²) in [7, 11) is 0. The molecule has 3 rings (SSSR count). The molecule has 0 amide bonds. The van der Waals surface area contributed by atoms with Crippen LogP contribution in [-0.4, -0.2) is 0 Å². The average Bonchev–Trinajstić information content (AvgIpc) is 2.72. The van der Waals surface area contributed by atoms with Crippen LogP contribution in [0.3, 0.4) is 0 Å². The van der Waals surface area contributed by atoms with Crippen LogP contribution in [-0.2, 0) is 18.2 Å². The van der Waals surface area contributed by atoms with E-state index in [0.717, 1.165) is 21.5 Å². The Morgan fingerprint density at radius 1 is 0.889 bits per heavy atom. The summed E-state index contributed by atoms with van der Waals surface area (Å²) >= 11 is 6.42. The van der Waals surface area contributed by atoms with Crippen molar-refractivity contribution < 1.29 is 0 Å². The molecule has 2 nitrogen and oxygen atoms in total. The monoisotopic (exact) mass is 388 g/mol. The molecule has 0 spiro atoms. The summed E-state index contributed by atoms with van der Waals surface area (Å²) in [4.78, 5) is 0. The van der Waals surface area contributed by atoms with E-state index in [2.05, 4.69) is 42.5 Å². The lowest BCUT2D eigenvalue weighted by Gasteiger charge is -2.26. The van der Waals surface area contributed by atoms with E-state index in [1.165, 1.54) is 0 Å². The maximum Gasteiger partial charge on any atom is 0.0968 e. The molecule has 0 aliphatic carbocycles. The number of nitrogens with two attached hydrogens (primary N) is 1. The molecule has 0 heterocycles. The Bertz CT molecular complexity index is 1000. The number of rotatable bonds is 5. The molecule has 0 fully saturated rings. The Labute approximate surface area is 166 Å². The molecule has 0 aromatic heterocycles. The van der Waals surface area contributed by atoms with E-state index >= 15 is 0 Å². The van der Waals surface area contributed by atoms with Gasteiger partial charge >= 0.3 is 0 Å². The third kappa shape index (κ3) is 3.88. The van der Waals surface area contributed by atoms with Gasteiger partial charge in [0.2, 0.25) is 0 Å². The van der Waals surface area contributed by atoms with Crippen LogP contribution >= 0.6 is 6.04 Å². The van der Waals surface area contributed by atoms with Gasteiger partial charge in [0.15, 0.2) is 0 Å². The quantitative estimate of drug-likeness (QED) is 0.535. The minimum Gasteiger partial charge on any atom is -0.401 e. The second-order valence-electron chi connectivity index (χ2n) is 6.36. The van der Waals surface area contributed by atoms with Crippen molar-refractivity contribution in [3.63, 3.8) is 0 Å². The number of allylic oxidation sites excluding steroid dienone is 2. The number of nitriles is 1.